The second kappa shape index (κ2) is 8.84. The SMILES string of the molecule is CC(C)(C)OC(=O)NCCn1c(=O)n(C(=O)CC2CCCCC2)c2ccccc21. The number of ether oxygens (including phenoxy) is 1. The van der Waals surface area contributed by atoms with E-state index < -0.39 is 11.7 Å². The summed E-state index contributed by atoms with van der Waals surface area (Å²) in [5.41, 5.74) is 0.386. The molecule has 1 saturated carbocycles. The van der Waals surface area contributed by atoms with Gasteiger partial charge in [-0.2, -0.15) is 0 Å². The van der Waals surface area contributed by atoms with E-state index in [9.17, 15) is 14.4 Å². The Kier molecular flexibility index (Phi) is 6.45. The lowest BCUT2D eigenvalue weighted by atomic mass is 9.87. The number of para-hydroxylation sites is 2. The predicted octanol–water partition coefficient (Wildman–Crippen LogP) is 3.94. The minimum absolute atomic E-state index is 0.142. The third-order valence-electron chi connectivity index (χ3n) is 5.28. The van der Waals surface area contributed by atoms with E-state index in [-0.39, 0.29) is 24.7 Å². The van der Waals surface area contributed by atoms with Crippen molar-refractivity contribution in [1.29, 1.82) is 0 Å². The molecule has 1 aliphatic carbocycles. The fraction of sp³-hybridized carbons (Fsp3) is 0.591. The van der Waals surface area contributed by atoms with Crippen LogP contribution in [0.1, 0.15) is 64.1 Å². The number of amides is 1. The molecule has 1 aromatic heterocycles. The Balaban J connectivity index is 1.76. The summed E-state index contributed by atoms with van der Waals surface area (Å²) in [6, 6.07) is 7.30. The van der Waals surface area contributed by atoms with Crippen LogP contribution in [0, 0.1) is 5.92 Å². The van der Waals surface area contributed by atoms with Crippen molar-refractivity contribution in [2.75, 3.05) is 6.54 Å². The van der Waals surface area contributed by atoms with Gasteiger partial charge in [0.1, 0.15) is 5.60 Å². The topological polar surface area (TPSA) is 82.3 Å². The Labute approximate surface area is 171 Å². The van der Waals surface area contributed by atoms with Crippen LogP contribution in [0.25, 0.3) is 11.0 Å². The van der Waals surface area contributed by atoms with Gasteiger partial charge in [0, 0.05) is 19.5 Å². The Morgan fingerprint density at radius 2 is 1.76 bits per heavy atom. The predicted molar refractivity (Wildman–Crippen MR) is 112 cm³/mol. The van der Waals surface area contributed by atoms with Gasteiger partial charge in [-0.05, 0) is 51.7 Å². The third kappa shape index (κ3) is 5.28. The molecule has 158 valence electrons. The maximum absolute atomic E-state index is 13.0. The molecule has 29 heavy (non-hydrogen) atoms. The van der Waals surface area contributed by atoms with Gasteiger partial charge in [-0.3, -0.25) is 9.36 Å². The van der Waals surface area contributed by atoms with Crippen LogP contribution < -0.4 is 11.0 Å². The first-order valence-corrected chi connectivity index (χ1v) is 10.5. The van der Waals surface area contributed by atoms with Gasteiger partial charge in [0.15, 0.2) is 0 Å². The van der Waals surface area contributed by atoms with Crippen LogP contribution >= 0.6 is 0 Å². The molecule has 1 fully saturated rings. The molecule has 0 atom stereocenters. The number of alkyl carbamates (subject to hydrolysis) is 1. The van der Waals surface area contributed by atoms with Crippen molar-refractivity contribution in [3.8, 4) is 0 Å². The van der Waals surface area contributed by atoms with Crippen molar-refractivity contribution in [3.05, 3.63) is 34.7 Å². The van der Waals surface area contributed by atoms with Crippen molar-refractivity contribution < 1.29 is 14.3 Å². The molecule has 7 heteroatoms. The molecule has 1 aliphatic rings. The molecule has 0 spiro atoms. The summed E-state index contributed by atoms with van der Waals surface area (Å²) in [6.45, 7) is 5.88. The molecule has 0 saturated heterocycles. The van der Waals surface area contributed by atoms with Crippen molar-refractivity contribution in [2.24, 2.45) is 5.92 Å². The van der Waals surface area contributed by atoms with Gasteiger partial charge in [-0.25, -0.2) is 14.2 Å². The van der Waals surface area contributed by atoms with Crippen molar-refractivity contribution >= 4 is 23.0 Å². The summed E-state index contributed by atoms with van der Waals surface area (Å²) >= 11 is 0. The first-order chi connectivity index (χ1) is 13.8. The molecule has 2 aromatic rings. The number of fused-ring (bicyclic) bond motifs is 1. The lowest BCUT2D eigenvalue weighted by molar-refractivity contribution is 0.0525. The van der Waals surface area contributed by atoms with Crippen LogP contribution in [0.2, 0.25) is 0 Å². The Hall–Kier alpha value is -2.57. The number of nitrogens with one attached hydrogen (secondary N) is 1. The molecule has 7 nitrogen and oxygen atoms in total. The fourth-order valence-corrected chi connectivity index (χ4v) is 3.98. The first-order valence-electron chi connectivity index (χ1n) is 10.5. The van der Waals surface area contributed by atoms with Gasteiger partial charge in [0.2, 0.25) is 5.91 Å². The highest BCUT2D eigenvalue weighted by molar-refractivity contribution is 5.90. The minimum Gasteiger partial charge on any atom is -0.444 e. The zero-order valence-electron chi connectivity index (χ0n) is 17.6. The minimum atomic E-state index is -0.581. The molecule has 1 N–H and O–H groups in total. The van der Waals surface area contributed by atoms with E-state index in [1.807, 2.05) is 18.2 Å². The number of carbonyl (C=O) groups excluding carboxylic acids is 2. The van der Waals surface area contributed by atoms with Crippen LogP contribution in [0.4, 0.5) is 4.79 Å². The van der Waals surface area contributed by atoms with Gasteiger partial charge in [-0.1, -0.05) is 31.4 Å². The molecular formula is C22H31N3O4. The molecule has 3 rings (SSSR count). The molecule has 1 heterocycles. The highest BCUT2D eigenvalue weighted by atomic mass is 16.6. The first kappa shape index (κ1) is 21.1. The van der Waals surface area contributed by atoms with Crippen molar-refractivity contribution in [2.45, 2.75) is 71.4 Å². The number of hydrogen-bond donors (Lipinski definition) is 1. The van der Waals surface area contributed by atoms with Crippen molar-refractivity contribution in [1.82, 2.24) is 14.5 Å². The van der Waals surface area contributed by atoms with E-state index >= 15 is 0 Å². The number of benzene rings is 1. The smallest absolute Gasteiger partial charge is 0.407 e. The lowest BCUT2D eigenvalue weighted by Crippen LogP contribution is -2.36. The zero-order valence-corrected chi connectivity index (χ0v) is 17.6. The summed E-state index contributed by atoms with van der Waals surface area (Å²) in [5.74, 6) is 0.219. The third-order valence-corrected chi connectivity index (χ3v) is 5.28. The molecule has 0 aliphatic heterocycles. The van der Waals surface area contributed by atoms with E-state index in [1.165, 1.54) is 11.0 Å². The maximum atomic E-state index is 13.0. The largest absolute Gasteiger partial charge is 0.444 e. The number of rotatable bonds is 5. The summed E-state index contributed by atoms with van der Waals surface area (Å²) in [6.07, 6.45) is 5.54. The average molecular weight is 402 g/mol. The number of imidazole rings is 1. The molecule has 1 aromatic carbocycles. The van der Waals surface area contributed by atoms with Crippen molar-refractivity contribution in [3.63, 3.8) is 0 Å². The van der Waals surface area contributed by atoms with Crippen LogP contribution in [-0.4, -0.2) is 33.3 Å². The monoisotopic (exact) mass is 401 g/mol. The molecule has 1 amide bonds. The standard InChI is InChI=1S/C22H31N3O4/c1-22(2,3)29-20(27)23-13-14-24-17-11-7-8-12-18(17)25(21(24)28)19(26)15-16-9-5-4-6-10-16/h7-8,11-12,16H,4-6,9-10,13-15H2,1-3H3,(H,23,27). The summed E-state index contributed by atoms with van der Waals surface area (Å²) in [4.78, 5) is 37.8. The van der Waals surface area contributed by atoms with E-state index in [4.69, 9.17) is 4.74 Å². The van der Waals surface area contributed by atoms with Crippen LogP contribution in [0.3, 0.4) is 0 Å². The Morgan fingerprint density at radius 1 is 1.10 bits per heavy atom. The molecule has 0 radical (unpaired) electrons. The van der Waals surface area contributed by atoms with Gasteiger partial charge < -0.3 is 10.1 Å². The zero-order chi connectivity index (χ0) is 21.0. The van der Waals surface area contributed by atoms with Crippen LogP contribution in [0.15, 0.2) is 29.1 Å². The normalized spacial score (nSPS) is 15.4. The van der Waals surface area contributed by atoms with E-state index in [1.54, 1.807) is 31.4 Å². The highest BCUT2D eigenvalue weighted by Gasteiger charge is 2.23. The van der Waals surface area contributed by atoms with Gasteiger partial charge >= 0.3 is 11.8 Å². The second-order valence-electron chi connectivity index (χ2n) is 8.79. The second-order valence-corrected chi connectivity index (χ2v) is 8.79. The lowest BCUT2D eigenvalue weighted by Gasteiger charge is -2.20. The maximum Gasteiger partial charge on any atom is 0.407 e. The number of nitrogens with zero attached hydrogens (tertiary/aromatic N) is 2. The average Bonchev–Trinajstić information content (AvgIpc) is 2.93. The number of aromatic nitrogens is 2. The van der Waals surface area contributed by atoms with Crippen LogP contribution in [-0.2, 0) is 11.3 Å². The molecular weight excluding hydrogens is 370 g/mol. The van der Waals surface area contributed by atoms with Gasteiger partial charge in [-0.15, -0.1) is 0 Å². The van der Waals surface area contributed by atoms with Gasteiger partial charge in [0.25, 0.3) is 0 Å². The highest BCUT2D eigenvalue weighted by Crippen LogP contribution is 2.27. The molecule has 0 bridgehead atoms. The summed E-state index contributed by atoms with van der Waals surface area (Å²) in [5, 5.41) is 2.67. The van der Waals surface area contributed by atoms with Crippen LogP contribution in [0.5, 0.6) is 0 Å². The molecule has 0 unspecified atom stereocenters. The van der Waals surface area contributed by atoms with E-state index in [2.05, 4.69) is 5.32 Å². The quantitative estimate of drug-likeness (QED) is 0.823. The fourth-order valence-electron chi connectivity index (χ4n) is 3.98. The summed E-state index contributed by atoms with van der Waals surface area (Å²) in [7, 11) is 0. The Bertz CT molecular complexity index is 930. The Morgan fingerprint density at radius 3 is 2.41 bits per heavy atom. The summed E-state index contributed by atoms with van der Waals surface area (Å²) < 4.78 is 8.07. The van der Waals surface area contributed by atoms with Gasteiger partial charge in [0.05, 0.1) is 11.0 Å². The van der Waals surface area contributed by atoms with E-state index in [0.29, 0.717) is 23.4 Å². The number of hydrogen-bond acceptors (Lipinski definition) is 4. The van der Waals surface area contributed by atoms with E-state index in [0.717, 1.165) is 25.7 Å². The number of carbonyl (C=O) groups is 2.